The van der Waals surface area contributed by atoms with Crippen molar-refractivity contribution in [2.24, 2.45) is 5.73 Å². The zero-order valence-corrected chi connectivity index (χ0v) is 14.4. The Hall–Kier alpha value is -1.84. The van der Waals surface area contributed by atoms with Crippen LogP contribution in [0.25, 0.3) is 0 Å². The molecule has 2 aromatic carbocycles. The van der Waals surface area contributed by atoms with Gasteiger partial charge in [-0.1, -0.05) is 42.0 Å². The molecule has 0 radical (unpaired) electrons. The Balaban J connectivity index is 1.51. The van der Waals surface area contributed by atoms with Crippen molar-refractivity contribution in [1.82, 2.24) is 0 Å². The van der Waals surface area contributed by atoms with E-state index >= 15 is 0 Å². The van der Waals surface area contributed by atoms with Crippen molar-refractivity contribution < 1.29 is 9.84 Å². The Morgan fingerprint density at radius 2 is 1.83 bits per heavy atom. The Bertz CT molecular complexity index is 651. The number of nitrogens with two attached hydrogens (primary N) is 1. The van der Waals surface area contributed by atoms with E-state index in [-0.39, 0.29) is 6.61 Å². The van der Waals surface area contributed by atoms with Gasteiger partial charge in [0.2, 0.25) is 0 Å². The first-order valence-corrected chi connectivity index (χ1v) is 8.76. The van der Waals surface area contributed by atoms with Crippen LogP contribution in [-0.4, -0.2) is 23.9 Å². The van der Waals surface area contributed by atoms with Crippen LogP contribution in [0.2, 0.25) is 0 Å². The van der Waals surface area contributed by atoms with Gasteiger partial charge in [-0.3, -0.25) is 0 Å². The highest BCUT2D eigenvalue weighted by Crippen LogP contribution is 2.39. The second-order valence-electron chi connectivity index (χ2n) is 7.11. The average Bonchev–Trinajstić information content (AvgIpc) is 3.00. The standard InChI is InChI=1S/C21H27NO2/c1-16-2-4-17(5-3-16)11-13-24-20-8-6-18(7-9-20)19-10-12-21(22,14-19)15-23/h2-9,19,23H,10-15,22H2,1H3. The van der Waals surface area contributed by atoms with E-state index in [1.165, 1.54) is 16.7 Å². The predicted molar refractivity (Wildman–Crippen MR) is 97.4 cm³/mol. The van der Waals surface area contributed by atoms with E-state index in [4.69, 9.17) is 10.5 Å². The Morgan fingerprint density at radius 3 is 2.46 bits per heavy atom. The third-order valence-corrected chi connectivity index (χ3v) is 5.09. The van der Waals surface area contributed by atoms with Crippen LogP contribution in [0.1, 0.15) is 41.9 Å². The molecule has 0 spiro atoms. The van der Waals surface area contributed by atoms with Crippen LogP contribution < -0.4 is 10.5 Å². The fourth-order valence-corrected chi connectivity index (χ4v) is 3.46. The molecule has 2 unspecified atom stereocenters. The minimum Gasteiger partial charge on any atom is -0.493 e. The summed E-state index contributed by atoms with van der Waals surface area (Å²) in [6.07, 6.45) is 3.71. The highest BCUT2D eigenvalue weighted by Gasteiger charge is 2.35. The molecule has 128 valence electrons. The van der Waals surface area contributed by atoms with Crippen molar-refractivity contribution in [3.05, 3.63) is 65.2 Å². The van der Waals surface area contributed by atoms with E-state index in [0.717, 1.165) is 31.4 Å². The van der Waals surface area contributed by atoms with Crippen LogP contribution in [0.3, 0.4) is 0 Å². The van der Waals surface area contributed by atoms with E-state index in [1.54, 1.807) is 0 Å². The molecule has 3 rings (SSSR count). The van der Waals surface area contributed by atoms with Gasteiger partial charge in [0.1, 0.15) is 5.75 Å². The number of hydrogen-bond acceptors (Lipinski definition) is 3. The maximum Gasteiger partial charge on any atom is 0.119 e. The number of aliphatic hydroxyl groups is 1. The average molecular weight is 325 g/mol. The molecule has 1 saturated carbocycles. The fraction of sp³-hybridized carbons (Fsp3) is 0.429. The lowest BCUT2D eigenvalue weighted by atomic mass is 9.94. The van der Waals surface area contributed by atoms with Gasteiger partial charge in [0.15, 0.2) is 0 Å². The molecular formula is C21H27NO2. The minimum atomic E-state index is -0.395. The Labute approximate surface area is 144 Å². The summed E-state index contributed by atoms with van der Waals surface area (Å²) in [6.45, 7) is 2.85. The monoisotopic (exact) mass is 325 g/mol. The SMILES string of the molecule is Cc1ccc(CCOc2ccc(C3CCC(N)(CO)C3)cc2)cc1. The number of aliphatic hydroxyl groups excluding tert-OH is 1. The van der Waals surface area contributed by atoms with Crippen LogP contribution >= 0.6 is 0 Å². The van der Waals surface area contributed by atoms with Gasteiger partial charge < -0.3 is 15.6 Å². The summed E-state index contributed by atoms with van der Waals surface area (Å²) in [7, 11) is 0. The third kappa shape index (κ3) is 4.16. The number of rotatable bonds is 6. The second-order valence-corrected chi connectivity index (χ2v) is 7.11. The quantitative estimate of drug-likeness (QED) is 0.853. The molecule has 3 heteroatoms. The molecular weight excluding hydrogens is 298 g/mol. The first kappa shape index (κ1) is 17.0. The zero-order chi connectivity index (χ0) is 17.0. The molecule has 2 aromatic rings. The topological polar surface area (TPSA) is 55.5 Å². The normalized spacial score (nSPS) is 23.4. The fourth-order valence-electron chi connectivity index (χ4n) is 3.46. The molecule has 0 amide bonds. The lowest BCUT2D eigenvalue weighted by Crippen LogP contribution is -2.40. The maximum atomic E-state index is 9.40. The molecule has 0 saturated heterocycles. The Kier molecular flexibility index (Phi) is 5.22. The summed E-state index contributed by atoms with van der Waals surface area (Å²) >= 11 is 0. The van der Waals surface area contributed by atoms with Crippen molar-refractivity contribution in [3.63, 3.8) is 0 Å². The van der Waals surface area contributed by atoms with Crippen molar-refractivity contribution in [2.45, 2.75) is 44.1 Å². The number of benzene rings is 2. The summed E-state index contributed by atoms with van der Waals surface area (Å²) < 4.78 is 5.86. The van der Waals surface area contributed by atoms with Crippen LogP contribution in [0, 0.1) is 6.92 Å². The van der Waals surface area contributed by atoms with E-state index in [2.05, 4.69) is 43.3 Å². The molecule has 0 heterocycles. The van der Waals surface area contributed by atoms with Crippen LogP contribution in [0.4, 0.5) is 0 Å². The lowest BCUT2D eigenvalue weighted by Gasteiger charge is -2.21. The van der Waals surface area contributed by atoms with Crippen LogP contribution in [-0.2, 0) is 6.42 Å². The van der Waals surface area contributed by atoms with Crippen molar-refractivity contribution >= 4 is 0 Å². The number of hydrogen-bond donors (Lipinski definition) is 2. The van der Waals surface area contributed by atoms with Crippen molar-refractivity contribution in [1.29, 1.82) is 0 Å². The van der Waals surface area contributed by atoms with Gasteiger partial charge in [-0.15, -0.1) is 0 Å². The molecule has 3 N–H and O–H groups in total. The molecule has 1 fully saturated rings. The van der Waals surface area contributed by atoms with Gasteiger partial charge in [0, 0.05) is 12.0 Å². The van der Waals surface area contributed by atoms with Gasteiger partial charge in [-0.05, 0) is 55.4 Å². The highest BCUT2D eigenvalue weighted by atomic mass is 16.5. The van der Waals surface area contributed by atoms with Gasteiger partial charge in [0.25, 0.3) is 0 Å². The first-order chi connectivity index (χ1) is 11.6. The number of aryl methyl sites for hydroxylation is 1. The van der Waals surface area contributed by atoms with Gasteiger partial charge >= 0.3 is 0 Å². The summed E-state index contributed by atoms with van der Waals surface area (Å²) in [4.78, 5) is 0. The van der Waals surface area contributed by atoms with Crippen molar-refractivity contribution in [2.75, 3.05) is 13.2 Å². The van der Waals surface area contributed by atoms with E-state index < -0.39 is 5.54 Å². The van der Waals surface area contributed by atoms with Gasteiger partial charge in [-0.2, -0.15) is 0 Å². The van der Waals surface area contributed by atoms with E-state index in [1.807, 2.05) is 12.1 Å². The molecule has 1 aliphatic rings. The number of ether oxygens (including phenoxy) is 1. The molecule has 1 aliphatic carbocycles. The van der Waals surface area contributed by atoms with Crippen LogP contribution in [0.5, 0.6) is 5.75 Å². The Morgan fingerprint density at radius 1 is 1.12 bits per heavy atom. The summed E-state index contributed by atoms with van der Waals surface area (Å²) in [6, 6.07) is 16.9. The smallest absolute Gasteiger partial charge is 0.119 e. The molecule has 3 nitrogen and oxygen atoms in total. The maximum absolute atomic E-state index is 9.40. The summed E-state index contributed by atoms with van der Waals surface area (Å²) in [5.41, 5.74) is 9.65. The predicted octanol–water partition coefficient (Wildman–Crippen LogP) is 3.57. The summed E-state index contributed by atoms with van der Waals surface area (Å²) in [5, 5.41) is 9.40. The zero-order valence-electron chi connectivity index (χ0n) is 14.4. The van der Waals surface area contributed by atoms with Crippen LogP contribution in [0.15, 0.2) is 48.5 Å². The minimum absolute atomic E-state index is 0.0731. The van der Waals surface area contributed by atoms with E-state index in [9.17, 15) is 5.11 Å². The molecule has 0 aromatic heterocycles. The van der Waals surface area contributed by atoms with E-state index in [0.29, 0.717) is 12.5 Å². The summed E-state index contributed by atoms with van der Waals surface area (Å²) in [5.74, 6) is 1.36. The largest absolute Gasteiger partial charge is 0.493 e. The molecule has 0 bridgehead atoms. The second kappa shape index (κ2) is 7.37. The van der Waals surface area contributed by atoms with Gasteiger partial charge in [0.05, 0.1) is 13.2 Å². The van der Waals surface area contributed by atoms with Crippen molar-refractivity contribution in [3.8, 4) is 5.75 Å². The van der Waals surface area contributed by atoms with Gasteiger partial charge in [-0.25, -0.2) is 0 Å². The third-order valence-electron chi connectivity index (χ3n) is 5.09. The first-order valence-electron chi connectivity index (χ1n) is 8.76. The highest BCUT2D eigenvalue weighted by molar-refractivity contribution is 5.31. The molecule has 0 aliphatic heterocycles. The molecule has 24 heavy (non-hydrogen) atoms. The molecule has 2 atom stereocenters. The lowest BCUT2D eigenvalue weighted by molar-refractivity contribution is 0.198.